The molecule has 107 valence electrons. The first-order valence-electron chi connectivity index (χ1n) is 7.18. The lowest BCUT2D eigenvalue weighted by Crippen LogP contribution is -2.52. The molecule has 2 fully saturated rings. The highest BCUT2D eigenvalue weighted by molar-refractivity contribution is 6.25. The van der Waals surface area contributed by atoms with Crippen LogP contribution in [-0.2, 0) is 4.79 Å². The van der Waals surface area contributed by atoms with Gasteiger partial charge in [0.25, 0.3) is 7.48 Å². The largest absolute Gasteiger partial charge is 0.480 e. The van der Waals surface area contributed by atoms with Crippen LogP contribution in [0.15, 0.2) is 0 Å². The zero-order chi connectivity index (χ0) is 14.0. The molecule has 0 saturated heterocycles. The Morgan fingerprint density at radius 2 is 2.26 bits per heavy atom. The van der Waals surface area contributed by atoms with E-state index in [2.05, 4.69) is 5.32 Å². The van der Waals surface area contributed by atoms with Gasteiger partial charge >= 0.3 is 5.97 Å². The summed E-state index contributed by atoms with van der Waals surface area (Å²) in [6, 6.07) is 0.500. The first-order chi connectivity index (χ1) is 9.02. The van der Waals surface area contributed by atoms with Crippen LogP contribution in [0.4, 0.5) is 0 Å². The SMILES string of the molecule is CN[C@H]1C[C@@H]2C[C@@](N)(C(=O)O)[C@@H](CCC[B]O)[C@@H]2C1. The van der Waals surface area contributed by atoms with Crippen LogP contribution >= 0.6 is 0 Å². The standard InChI is InChI=1S/C13H24BN2O3/c1-16-9-5-8-7-13(15,12(17)18)11(10(8)6-9)3-2-4-14-19/h8-11,16,19H,2-7,15H2,1H3,(H,17,18)/t8-,9+,10-,11+,13+/m1/s1. The Morgan fingerprint density at radius 3 is 2.84 bits per heavy atom. The quantitative estimate of drug-likeness (QED) is 0.407. The molecular weight excluding hydrogens is 243 g/mol. The Labute approximate surface area is 115 Å². The van der Waals surface area contributed by atoms with Crippen LogP contribution in [0.25, 0.3) is 0 Å². The summed E-state index contributed by atoms with van der Waals surface area (Å²) >= 11 is 0. The number of fused-ring (bicyclic) bond motifs is 1. The van der Waals surface area contributed by atoms with Crippen LogP contribution in [0.1, 0.15) is 32.1 Å². The third-order valence-electron chi connectivity index (χ3n) is 5.18. The number of hydrogen-bond acceptors (Lipinski definition) is 4. The van der Waals surface area contributed by atoms with E-state index in [1.165, 1.54) is 0 Å². The molecule has 0 spiro atoms. The summed E-state index contributed by atoms with van der Waals surface area (Å²) in [7, 11) is 3.12. The average Bonchev–Trinajstić information content (AvgIpc) is 2.87. The van der Waals surface area contributed by atoms with Gasteiger partial charge in [0.15, 0.2) is 0 Å². The highest BCUT2D eigenvalue weighted by atomic mass is 16.4. The van der Waals surface area contributed by atoms with E-state index in [4.69, 9.17) is 10.8 Å². The minimum Gasteiger partial charge on any atom is -0.480 e. The van der Waals surface area contributed by atoms with Crippen molar-refractivity contribution in [2.24, 2.45) is 23.5 Å². The maximum Gasteiger partial charge on any atom is 0.323 e. The molecule has 19 heavy (non-hydrogen) atoms. The van der Waals surface area contributed by atoms with E-state index in [-0.39, 0.29) is 5.92 Å². The van der Waals surface area contributed by atoms with Crippen molar-refractivity contribution in [3.8, 4) is 0 Å². The summed E-state index contributed by atoms with van der Waals surface area (Å²) in [5.74, 6) is 0.0214. The van der Waals surface area contributed by atoms with Crippen molar-refractivity contribution in [2.45, 2.75) is 50.0 Å². The van der Waals surface area contributed by atoms with Gasteiger partial charge in [0.2, 0.25) is 0 Å². The normalized spacial score (nSPS) is 41.2. The van der Waals surface area contributed by atoms with Crippen LogP contribution in [-0.4, -0.2) is 42.2 Å². The number of nitrogens with one attached hydrogen (secondary N) is 1. The Morgan fingerprint density at radius 1 is 1.53 bits per heavy atom. The number of carboxylic acid groups (broad SMARTS) is 1. The fourth-order valence-corrected chi connectivity index (χ4v) is 4.23. The molecule has 5 nitrogen and oxygen atoms in total. The fourth-order valence-electron chi connectivity index (χ4n) is 4.23. The van der Waals surface area contributed by atoms with E-state index in [1.807, 2.05) is 7.05 Å². The molecule has 0 heterocycles. The van der Waals surface area contributed by atoms with Crippen molar-refractivity contribution in [2.75, 3.05) is 7.05 Å². The maximum atomic E-state index is 11.6. The summed E-state index contributed by atoms with van der Waals surface area (Å²) < 4.78 is 0. The van der Waals surface area contributed by atoms with Gasteiger partial charge in [0.05, 0.1) is 0 Å². The Balaban J connectivity index is 2.09. The lowest BCUT2D eigenvalue weighted by Gasteiger charge is -2.30. The van der Waals surface area contributed by atoms with Gasteiger partial charge in [-0.25, -0.2) is 0 Å². The van der Waals surface area contributed by atoms with Gasteiger partial charge in [0, 0.05) is 6.04 Å². The first kappa shape index (κ1) is 14.8. The predicted molar refractivity (Wildman–Crippen MR) is 73.7 cm³/mol. The monoisotopic (exact) mass is 267 g/mol. The molecule has 0 aromatic carbocycles. The van der Waals surface area contributed by atoms with E-state index in [0.29, 0.717) is 30.6 Å². The van der Waals surface area contributed by atoms with E-state index < -0.39 is 11.5 Å². The number of nitrogens with two attached hydrogens (primary N) is 1. The Kier molecular flexibility index (Phi) is 4.53. The zero-order valence-electron chi connectivity index (χ0n) is 11.5. The third kappa shape index (κ3) is 2.66. The topological polar surface area (TPSA) is 95.6 Å². The molecule has 5 N–H and O–H groups in total. The van der Waals surface area contributed by atoms with E-state index in [9.17, 15) is 9.90 Å². The van der Waals surface area contributed by atoms with Crippen molar-refractivity contribution < 1.29 is 14.9 Å². The van der Waals surface area contributed by atoms with Crippen molar-refractivity contribution in [3.05, 3.63) is 0 Å². The molecule has 0 bridgehead atoms. The van der Waals surface area contributed by atoms with Gasteiger partial charge in [-0.15, -0.1) is 0 Å². The summed E-state index contributed by atoms with van der Waals surface area (Å²) in [5.41, 5.74) is 5.15. The predicted octanol–water partition coefficient (Wildman–Crippen LogP) is 0.213. The second-order valence-corrected chi connectivity index (χ2v) is 6.15. The van der Waals surface area contributed by atoms with Gasteiger partial charge in [-0.2, -0.15) is 0 Å². The van der Waals surface area contributed by atoms with Gasteiger partial charge in [0.1, 0.15) is 5.54 Å². The van der Waals surface area contributed by atoms with Gasteiger partial charge in [-0.1, -0.05) is 12.7 Å². The van der Waals surface area contributed by atoms with Crippen molar-refractivity contribution in [1.29, 1.82) is 0 Å². The molecule has 0 aliphatic heterocycles. The van der Waals surface area contributed by atoms with Gasteiger partial charge < -0.3 is 21.2 Å². The van der Waals surface area contributed by atoms with Crippen molar-refractivity contribution >= 4 is 13.5 Å². The Hall–Kier alpha value is -0.585. The highest BCUT2D eigenvalue weighted by Crippen LogP contribution is 2.53. The second kappa shape index (κ2) is 5.81. The molecule has 0 unspecified atom stereocenters. The molecule has 6 heteroatoms. The number of carboxylic acids is 1. The van der Waals surface area contributed by atoms with E-state index in [1.54, 1.807) is 0 Å². The smallest absolute Gasteiger partial charge is 0.323 e. The van der Waals surface area contributed by atoms with Crippen molar-refractivity contribution in [3.63, 3.8) is 0 Å². The van der Waals surface area contributed by atoms with Gasteiger partial charge in [-0.05, 0) is 50.5 Å². The fraction of sp³-hybridized carbons (Fsp3) is 0.923. The lowest BCUT2D eigenvalue weighted by molar-refractivity contribution is -0.145. The summed E-state index contributed by atoms with van der Waals surface area (Å²) in [6.45, 7) is 0. The highest BCUT2D eigenvalue weighted by Gasteiger charge is 2.57. The molecule has 0 aromatic heterocycles. The molecule has 0 amide bonds. The molecule has 2 rings (SSSR count). The molecular formula is C13H24BN2O3. The second-order valence-electron chi connectivity index (χ2n) is 6.15. The maximum absolute atomic E-state index is 11.6. The average molecular weight is 267 g/mol. The summed E-state index contributed by atoms with van der Waals surface area (Å²) in [4.78, 5) is 11.6. The van der Waals surface area contributed by atoms with Crippen LogP contribution < -0.4 is 11.1 Å². The number of hydrogen-bond donors (Lipinski definition) is 4. The third-order valence-corrected chi connectivity index (χ3v) is 5.18. The summed E-state index contributed by atoms with van der Waals surface area (Å²) in [5, 5.41) is 21.5. The molecule has 5 atom stereocenters. The lowest BCUT2D eigenvalue weighted by atomic mass is 9.77. The molecule has 2 saturated carbocycles. The zero-order valence-corrected chi connectivity index (χ0v) is 11.5. The van der Waals surface area contributed by atoms with Crippen LogP contribution in [0.5, 0.6) is 0 Å². The van der Waals surface area contributed by atoms with Gasteiger partial charge in [-0.3, -0.25) is 4.79 Å². The molecule has 0 aromatic rings. The molecule has 2 aliphatic rings. The summed E-state index contributed by atoms with van der Waals surface area (Å²) in [6.07, 6.45) is 4.87. The van der Waals surface area contributed by atoms with Crippen LogP contribution in [0, 0.1) is 17.8 Å². The minimum absolute atomic E-state index is 0.0355. The minimum atomic E-state index is -1.07. The Bertz CT molecular complexity index is 342. The number of carbonyl (C=O) groups is 1. The van der Waals surface area contributed by atoms with Crippen LogP contribution in [0.2, 0.25) is 6.32 Å². The first-order valence-corrected chi connectivity index (χ1v) is 7.18. The molecule has 2 aliphatic carbocycles. The number of aliphatic carboxylic acids is 1. The van der Waals surface area contributed by atoms with E-state index in [0.717, 1.165) is 33.2 Å². The van der Waals surface area contributed by atoms with Crippen LogP contribution in [0.3, 0.4) is 0 Å². The van der Waals surface area contributed by atoms with Crippen molar-refractivity contribution in [1.82, 2.24) is 5.32 Å². The number of rotatable bonds is 6. The molecule has 1 radical (unpaired) electrons. The van der Waals surface area contributed by atoms with E-state index >= 15 is 0 Å².